The molecule has 0 radical (unpaired) electrons. The van der Waals surface area contributed by atoms with Crippen molar-refractivity contribution in [1.29, 1.82) is 0 Å². The third kappa shape index (κ3) is 3.52. The summed E-state index contributed by atoms with van der Waals surface area (Å²) in [5.74, 6) is 0.827. The maximum Gasteiger partial charge on any atom is 0.231 e. The van der Waals surface area contributed by atoms with Gasteiger partial charge in [-0.05, 0) is 24.1 Å². The summed E-state index contributed by atoms with van der Waals surface area (Å²) in [6, 6.07) is 7.82. The Labute approximate surface area is 104 Å². The Morgan fingerprint density at radius 3 is 2.50 bits per heavy atom. The third-order valence-corrected chi connectivity index (χ3v) is 2.89. The van der Waals surface area contributed by atoms with Gasteiger partial charge in [0.25, 0.3) is 0 Å². The van der Waals surface area contributed by atoms with Crippen LogP contribution in [0.2, 0.25) is 0 Å². The molecule has 0 aliphatic carbocycles. The summed E-state index contributed by atoms with van der Waals surface area (Å²) in [5.41, 5.74) is 1.10. The molecule has 1 unspecified atom stereocenters. The Hall–Kier alpha value is -1.03. The minimum absolute atomic E-state index is 0.00247. The number of halogens is 1. The molecule has 4 heteroatoms. The van der Waals surface area contributed by atoms with E-state index in [1.165, 1.54) is 0 Å². The van der Waals surface area contributed by atoms with Gasteiger partial charge in [-0.25, -0.2) is 0 Å². The fraction of sp³-hybridized carbons (Fsp3) is 0.417. The lowest BCUT2D eigenvalue weighted by Crippen LogP contribution is -2.28. The van der Waals surface area contributed by atoms with Crippen molar-refractivity contribution in [3.8, 4) is 5.75 Å². The van der Waals surface area contributed by atoms with E-state index in [1.807, 2.05) is 31.2 Å². The van der Waals surface area contributed by atoms with Crippen LogP contribution in [0.1, 0.15) is 24.9 Å². The molecule has 1 N–H and O–H groups in total. The number of methoxy groups -OCH3 is 1. The van der Waals surface area contributed by atoms with E-state index in [2.05, 4.69) is 21.2 Å². The van der Waals surface area contributed by atoms with Gasteiger partial charge in [0.1, 0.15) is 5.75 Å². The van der Waals surface area contributed by atoms with Gasteiger partial charge in [-0.15, -0.1) is 0 Å². The molecule has 1 rings (SSSR count). The molecule has 0 aliphatic heterocycles. The fourth-order valence-corrected chi connectivity index (χ4v) is 1.65. The molecule has 0 spiro atoms. The second kappa shape index (κ2) is 6.53. The second-order valence-electron chi connectivity index (χ2n) is 3.44. The van der Waals surface area contributed by atoms with Crippen molar-refractivity contribution < 1.29 is 9.53 Å². The standard InChI is InChI=1S/C12H16BrNO2/c1-3-11(14-12(15)8-13)9-4-6-10(16-2)7-5-9/h4-7,11H,3,8H2,1-2H3,(H,14,15). The van der Waals surface area contributed by atoms with Crippen LogP contribution in [0, 0.1) is 0 Å². The van der Waals surface area contributed by atoms with E-state index >= 15 is 0 Å². The molecule has 0 heterocycles. The predicted octanol–water partition coefficient (Wildman–Crippen LogP) is 2.66. The zero-order valence-corrected chi connectivity index (χ0v) is 11.1. The van der Waals surface area contributed by atoms with Crippen LogP contribution < -0.4 is 10.1 Å². The first-order valence-electron chi connectivity index (χ1n) is 5.20. The Morgan fingerprint density at radius 2 is 2.06 bits per heavy atom. The van der Waals surface area contributed by atoms with Crippen molar-refractivity contribution >= 4 is 21.8 Å². The first-order valence-corrected chi connectivity index (χ1v) is 6.32. The molecule has 1 amide bonds. The average molecular weight is 286 g/mol. The Kier molecular flexibility index (Phi) is 5.32. The van der Waals surface area contributed by atoms with E-state index < -0.39 is 0 Å². The largest absolute Gasteiger partial charge is 0.497 e. The number of hydrogen-bond acceptors (Lipinski definition) is 2. The van der Waals surface area contributed by atoms with E-state index in [9.17, 15) is 4.79 Å². The molecule has 1 aromatic carbocycles. The minimum Gasteiger partial charge on any atom is -0.497 e. The summed E-state index contributed by atoms with van der Waals surface area (Å²) < 4.78 is 5.09. The van der Waals surface area contributed by atoms with Crippen LogP contribution in [0.5, 0.6) is 5.75 Å². The number of carbonyl (C=O) groups excluding carboxylic acids is 1. The van der Waals surface area contributed by atoms with Crippen LogP contribution in [-0.2, 0) is 4.79 Å². The summed E-state index contributed by atoms with van der Waals surface area (Å²) >= 11 is 3.14. The minimum atomic E-state index is 0.00247. The second-order valence-corrected chi connectivity index (χ2v) is 4.00. The Balaban J connectivity index is 2.74. The summed E-state index contributed by atoms with van der Waals surface area (Å²) in [4.78, 5) is 11.3. The van der Waals surface area contributed by atoms with E-state index in [4.69, 9.17) is 4.74 Å². The number of hydrogen-bond donors (Lipinski definition) is 1. The van der Waals surface area contributed by atoms with Gasteiger partial charge in [-0.2, -0.15) is 0 Å². The highest BCUT2D eigenvalue weighted by Gasteiger charge is 2.11. The summed E-state index contributed by atoms with van der Waals surface area (Å²) in [7, 11) is 1.64. The normalized spacial score (nSPS) is 11.9. The molecule has 16 heavy (non-hydrogen) atoms. The van der Waals surface area contributed by atoms with E-state index in [0.29, 0.717) is 5.33 Å². The number of amides is 1. The SMILES string of the molecule is CCC(NC(=O)CBr)c1ccc(OC)cc1. The molecule has 0 saturated heterocycles. The number of carbonyl (C=O) groups is 1. The molecule has 0 aromatic heterocycles. The lowest BCUT2D eigenvalue weighted by atomic mass is 10.0. The van der Waals surface area contributed by atoms with Crippen molar-refractivity contribution in [2.24, 2.45) is 0 Å². The molecule has 1 aromatic rings. The van der Waals surface area contributed by atoms with Gasteiger partial charge in [-0.3, -0.25) is 4.79 Å². The molecule has 88 valence electrons. The predicted molar refractivity (Wildman–Crippen MR) is 68.0 cm³/mol. The van der Waals surface area contributed by atoms with Gasteiger partial charge in [0.05, 0.1) is 18.5 Å². The van der Waals surface area contributed by atoms with Crippen LogP contribution in [0.15, 0.2) is 24.3 Å². The van der Waals surface area contributed by atoms with Crippen molar-refractivity contribution in [2.75, 3.05) is 12.4 Å². The molecule has 0 aliphatic rings. The molecule has 0 fully saturated rings. The first-order chi connectivity index (χ1) is 7.71. The van der Waals surface area contributed by atoms with Crippen LogP contribution >= 0.6 is 15.9 Å². The highest BCUT2D eigenvalue weighted by atomic mass is 79.9. The third-order valence-electron chi connectivity index (χ3n) is 2.38. The van der Waals surface area contributed by atoms with E-state index in [-0.39, 0.29) is 11.9 Å². The van der Waals surface area contributed by atoms with Crippen molar-refractivity contribution in [1.82, 2.24) is 5.32 Å². The van der Waals surface area contributed by atoms with Gasteiger partial charge in [0.15, 0.2) is 0 Å². The molecular formula is C12H16BrNO2. The van der Waals surface area contributed by atoms with Gasteiger partial charge < -0.3 is 10.1 Å². The zero-order chi connectivity index (χ0) is 12.0. The molecular weight excluding hydrogens is 270 g/mol. The number of rotatable bonds is 5. The zero-order valence-electron chi connectivity index (χ0n) is 9.50. The number of nitrogens with one attached hydrogen (secondary N) is 1. The number of ether oxygens (including phenoxy) is 1. The lowest BCUT2D eigenvalue weighted by Gasteiger charge is -2.17. The smallest absolute Gasteiger partial charge is 0.231 e. The maximum atomic E-state index is 11.3. The fourth-order valence-electron chi connectivity index (χ4n) is 1.49. The molecule has 3 nitrogen and oxygen atoms in total. The van der Waals surface area contributed by atoms with Crippen LogP contribution in [0.25, 0.3) is 0 Å². The maximum absolute atomic E-state index is 11.3. The van der Waals surface area contributed by atoms with E-state index in [1.54, 1.807) is 7.11 Å². The van der Waals surface area contributed by atoms with Gasteiger partial charge >= 0.3 is 0 Å². The quantitative estimate of drug-likeness (QED) is 0.845. The highest BCUT2D eigenvalue weighted by Crippen LogP contribution is 2.19. The van der Waals surface area contributed by atoms with Gasteiger partial charge in [0.2, 0.25) is 5.91 Å². The van der Waals surface area contributed by atoms with Crippen molar-refractivity contribution in [3.63, 3.8) is 0 Å². The number of benzene rings is 1. The molecule has 1 atom stereocenters. The molecule has 0 bridgehead atoms. The highest BCUT2D eigenvalue weighted by molar-refractivity contribution is 9.09. The summed E-state index contributed by atoms with van der Waals surface area (Å²) in [6.07, 6.45) is 0.866. The van der Waals surface area contributed by atoms with Crippen molar-refractivity contribution in [3.05, 3.63) is 29.8 Å². The topological polar surface area (TPSA) is 38.3 Å². The first kappa shape index (κ1) is 13.0. The average Bonchev–Trinajstić information content (AvgIpc) is 2.35. The summed E-state index contributed by atoms with van der Waals surface area (Å²) in [6.45, 7) is 2.05. The molecule has 0 saturated carbocycles. The van der Waals surface area contributed by atoms with Gasteiger partial charge in [0, 0.05) is 0 Å². The lowest BCUT2D eigenvalue weighted by molar-refractivity contribution is -0.119. The van der Waals surface area contributed by atoms with Gasteiger partial charge in [-0.1, -0.05) is 35.0 Å². The monoisotopic (exact) mass is 285 g/mol. The van der Waals surface area contributed by atoms with Crippen LogP contribution in [0.4, 0.5) is 0 Å². The Bertz CT molecular complexity index is 337. The number of alkyl halides is 1. The van der Waals surface area contributed by atoms with Crippen LogP contribution in [-0.4, -0.2) is 18.3 Å². The van der Waals surface area contributed by atoms with Crippen molar-refractivity contribution in [2.45, 2.75) is 19.4 Å². The summed E-state index contributed by atoms with van der Waals surface area (Å²) in [5, 5.41) is 3.28. The Morgan fingerprint density at radius 1 is 1.44 bits per heavy atom. The van der Waals surface area contributed by atoms with Crippen LogP contribution in [0.3, 0.4) is 0 Å². The van der Waals surface area contributed by atoms with E-state index in [0.717, 1.165) is 17.7 Å².